The number of ether oxygens (including phenoxy) is 1. The molecule has 0 fully saturated rings. The van der Waals surface area contributed by atoms with Crippen molar-refractivity contribution in [1.29, 1.82) is 0 Å². The van der Waals surface area contributed by atoms with E-state index in [0.717, 1.165) is 12.0 Å². The average molecular weight is 377 g/mol. The van der Waals surface area contributed by atoms with E-state index in [2.05, 4.69) is 19.0 Å². The average Bonchev–Trinajstić information content (AvgIpc) is 3.13. The molecule has 1 atom stereocenters. The summed E-state index contributed by atoms with van der Waals surface area (Å²) in [5.74, 6) is -0.0780. The third kappa shape index (κ3) is 4.19. The molecule has 144 valence electrons. The highest BCUT2D eigenvalue weighted by molar-refractivity contribution is 6.01. The van der Waals surface area contributed by atoms with Gasteiger partial charge in [0.25, 0.3) is 0 Å². The summed E-state index contributed by atoms with van der Waals surface area (Å²) in [5, 5.41) is 3.97. The number of carbonyl (C=O) groups excluding carboxylic acids is 2. The number of carbonyl (C=O) groups is 2. The summed E-state index contributed by atoms with van der Waals surface area (Å²) in [6.45, 7) is 5.58. The Morgan fingerprint density at radius 2 is 1.75 bits per heavy atom. The molecule has 3 rings (SSSR count). The molecule has 0 aliphatic heterocycles. The second kappa shape index (κ2) is 8.65. The maximum absolute atomic E-state index is 12.6. The van der Waals surface area contributed by atoms with E-state index in [1.807, 2.05) is 42.5 Å². The number of aromatic nitrogens is 1. The second-order valence-electron chi connectivity index (χ2n) is 6.76. The zero-order chi connectivity index (χ0) is 20.1. The zero-order valence-electron chi connectivity index (χ0n) is 16.3. The van der Waals surface area contributed by atoms with Gasteiger partial charge in [0.2, 0.25) is 0 Å². The van der Waals surface area contributed by atoms with Crippen LogP contribution in [-0.4, -0.2) is 23.5 Å². The van der Waals surface area contributed by atoms with Gasteiger partial charge in [-0.05, 0) is 24.8 Å². The molecule has 5 nitrogen and oxygen atoms in total. The minimum absolute atomic E-state index is 0.242. The van der Waals surface area contributed by atoms with E-state index in [4.69, 9.17) is 9.26 Å². The van der Waals surface area contributed by atoms with Crippen LogP contribution in [0.2, 0.25) is 0 Å². The van der Waals surface area contributed by atoms with Gasteiger partial charge in [-0.25, -0.2) is 4.79 Å². The lowest BCUT2D eigenvalue weighted by atomic mass is 9.97. The lowest BCUT2D eigenvalue weighted by molar-refractivity contribution is 0.0473. The molecule has 1 heterocycles. The van der Waals surface area contributed by atoms with Gasteiger partial charge in [0, 0.05) is 11.1 Å². The maximum atomic E-state index is 12.6. The predicted octanol–water partition coefficient (Wildman–Crippen LogP) is 5.20. The smallest absolute Gasteiger partial charge is 0.344 e. The van der Waals surface area contributed by atoms with Crippen molar-refractivity contribution >= 4 is 11.8 Å². The highest BCUT2D eigenvalue weighted by Crippen LogP contribution is 2.26. The van der Waals surface area contributed by atoms with Crippen LogP contribution in [0.25, 0.3) is 11.3 Å². The van der Waals surface area contributed by atoms with Crippen molar-refractivity contribution in [2.75, 3.05) is 6.61 Å². The standard InChI is InChI=1S/C23H23NO4/c1-4-15(2)17-10-12-18(13-11-17)20(25)14-27-23(26)21-16(3)28-24-22(21)19-8-6-5-7-9-19/h5-13,15H,4,14H2,1-3H3/t15-/m0/s1. The topological polar surface area (TPSA) is 69.4 Å². The first-order chi connectivity index (χ1) is 13.5. The van der Waals surface area contributed by atoms with E-state index in [-0.39, 0.29) is 18.0 Å². The molecular formula is C23H23NO4. The first kappa shape index (κ1) is 19.5. The molecule has 0 radical (unpaired) electrons. The lowest BCUT2D eigenvalue weighted by Crippen LogP contribution is -2.15. The van der Waals surface area contributed by atoms with Crippen LogP contribution in [-0.2, 0) is 4.74 Å². The minimum atomic E-state index is -0.623. The fourth-order valence-electron chi connectivity index (χ4n) is 2.93. The fourth-order valence-corrected chi connectivity index (χ4v) is 2.93. The number of ketones is 1. The van der Waals surface area contributed by atoms with Crippen LogP contribution in [0.4, 0.5) is 0 Å². The molecular weight excluding hydrogens is 354 g/mol. The van der Waals surface area contributed by atoms with Gasteiger partial charge in [-0.1, -0.05) is 73.6 Å². The van der Waals surface area contributed by atoms with Crippen LogP contribution in [0, 0.1) is 6.92 Å². The number of benzene rings is 2. The number of aryl methyl sites for hydroxylation is 1. The van der Waals surface area contributed by atoms with Crippen LogP contribution < -0.4 is 0 Å². The first-order valence-corrected chi connectivity index (χ1v) is 9.33. The van der Waals surface area contributed by atoms with Crippen LogP contribution in [0.1, 0.15) is 58.2 Å². The minimum Gasteiger partial charge on any atom is -0.454 e. The van der Waals surface area contributed by atoms with Crippen LogP contribution >= 0.6 is 0 Å². The molecule has 0 amide bonds. The third-order valence-electron chi connectivity index (χ3n) is 4.86. The quantitative estimate of drug-likeness (QED) is 0.418. The highest BCUT2D eigenvalue weighted by Gasteiger charge is 2.23. The summed E-state index contributed by atoms with van der Waals surface area (Å²) in [6, 6.07) is 16.7. The number of esters is 1. The zero-order valence-corrected chi connectivity index (χ0v) is 16.3. The molecule has 0 saturated carbocycles. The molecule has 1 aromatic heterocycles. The van der Waals surface area contributed by atoms with Crippen molar-refractivity contribution in [2.45, 2.75) is 33.1 Å². The van der Waals surface area contributed by atoms with Crippen molar-refractivity contribution in [3.8, 4) is 11.3 Å². The Kier molecular flexibility index (Phi) is 6.04. The number of Topliss-reactive ketones (excluding diaryl/α,β-unsaturated/α-hetero) is 1. The largest absolute Gasteiger partial charge is 0.454 e. The molecule has 0 spiro atoms. The first-order valence-electron chi connectivity index (χ1n) is 9.33. The molecule has 3 aromatic rings. The van der Waals surface area contributed by atoms with Gasteiger partial charge in [-0.2, -0.15) is 0 Å². The second-order valence-corrected chi connectivity index (χ2v) is 6.76. The van der Waals surface area contributed by atoms with E-state index in [1.54, 1.807) is 19.1 Å². The maximum Gasteiger partial charge on any atom is 0.344 e. The third-order valence-corrected chi connectivity index (χ3v) is 4.86. The van der Waals surface area contributed by atoms with Crippen molar-refractivity contribution in [1.82, 2.24) is 5.16 Å². The van der Waals surface area contributed by atoms with Gasteiger partial charge < -0.3 is 9.26 Å². The van der Waals surface area contributed by atoms with Crippen LogP contribution in [0.5, 0.6) is 0 Å². The van der Waals surface area contributed by atoms with Crippen molar-refractivity contribution in [3.05, 3.63) is 77.0 Å². The Bertz CT molecular complexity index is 958. The van der Waals surface area contributed by atoms with Crippen molar-refractivity contribution in [2.24, 2.45) is 0 Å². The summed E-state index contributed by atoms with van der Waals surface area (Å²) in [6.07, 6.45) is 1.03. The van der Waals surface area contributed by atoms with E-state index in [9.17, 15) is 9.59 Å². The lowest BCUT2D eigenvalue weighted by Gasteiger charge is -2.09. The fraction of sp³-hybridized carbons (Fsp3) is 0.261. The van der Waals surface area contributed by atoms with E-state index >= 15 is 0 Å². The highest BCUT2D eigenvalue weighted by atomic mass is 16.5. The monoisotopic (exact) mass is 377 g/mol. The molecule has 0 unspecified atom stereocenters. The Balaban J connectivity index is 1.69. The molecule has 0 aliphatic carbocycles. The number of rotatable bonds is 7. The summed E-state index contributed by atoms with van der Waals surface area (Å²) < 4.78 is 10.4. The number of nitrogens with zero attached hydrogens (tertiary/aromatic N) is 1. The van der Waals surface area contributed by atoms with Gasteiger partial charge >= 0.3 is 5.97 Å². The Hall–Kier alpha value is -3.21. The number of hydrogen-bond donors (Lipinski definition) is 0. The molecule has 5 heteroatoms. The van der Waals surface area contributed by atoms with Gasteiger partial charge in [0.05, 0.1) is 0 Å². The Morgan fingerprint density at radius 1 is 1.07 bits per heavy atom. The van der Waals surface area contributed by atoms with E-state index in [1.165, 1.54) is 5.56 Å². The molecule has 0 N–H and O–H groups in total. The molecule has 0 bridgehead atoms. The van der Waals surface area contributed by atoms with E-state index in [0.29, 0.717) is 22.9 Å². The van der Waals surface area contributed by atoms with Gasteiger partial charge in [0.1, 0.15) is 17.0 Å². The summed E-state index contributed by atoms with van der Waals surface area (Å²) >= 11 is 0. The summed E-state index contributed by atoms with van der Waals surface area (Å²) in [5.41, 5.74) is 3.10. The molecule has 28 heavy (non-hydrogen) atoms. The summed E-state index contributed by atoms with van der Waals surface area (Å²) in [7, 11) is 0. The van der Waals surface area contributed by atoms with E-state index < -0.39 is 5.97 Å². The van der Waals surface area contributed by atoms with Crippen LogP contribution in [0.3, 0.4) is 0 Å². The molecule has 0 saturated heterocycles. The van der Waals surface area contributed by atoms with Crippen LogP contribution in [0.15, 0.2) is 59.1 Å². The Morgan fingerprint density at radius 3 is 2.39 bits per heavy atom. The van der Waals surface area contributed by atoms with Crippen molar-refractivity contribution in [3.63, 3.8) is 0 Å². The Labute approximate surface area is 164 Å². The van der Waals surface area contributed by atoms with Gasteiger partial charge in [-0.3, -0.25) is 4.79 Å². The molecule has 2 aromatic carbocycles. The summed E-state index contributed by atoms with van der Waals surface area (Å²) in [4.78, 5) is 25.0. The van der Waals surface area contributed by atoms with Gasteiger partial charge in [0.15, 0.2) is 12.4 Å². The predicted molar refractivity (Wildman–Crippen MR) is 106 cm³/mol. The van der Waals surface area contributed by atoms with Crippen molar-refractivity contribution < 1.29 is 18.8 Å². The SMILES string of the molecule is CC[C@H](C)c1ccc(C(=O)COC(=O)c2c(-c3ccccc3)noc2C)cc1. The number of hydrogen-bond acceptors (Lipinski definition) is 5. The molecule has 0 aliphatic rings. The van der Waals surface area contributed by atoms with Gasteiger partial charge in [-0.15, -0.1) is 0 Å². The normalized spacial score (nSPS) is 11.8.